The third-order valence-corrected chi connectivity index (χ3v) is 6.10. The largest absolute Gasteiger partial charge is 0.497 e. The van der Waals surface area contributed by atoms with Gasteiger partial charge in [0.15, 0.2) is 0 Å². The molecule has 0 amide bonds. The molecular formula is C24H24ClFO4. The van der Waals surface area contributed by atoms with Crippen LogP contribution in [0, 0.1) is 5.82 Å². The number of halogens is 2. The van der Waals surface area contributed by atoms with Gasteiger partial charge >= 0.3 is 0 Å². The summed E-state index contributed by atoms with van der Waals surface area (Å²) in [7, 11) is 1.50. The fourth-order valence-corrected chi connectivity index (χ4v) is 4.42. The van der Waals surface area contributed by atoms with E-state index >= 15 is 0 Å². The highest BCUT2D eigenvalue weighted by atomic mass is 35.5. The number of benzene rings is 3. The van der Waals surface area contributed by atoms with Crippen LogP contribution < -0.4 is 4.74 Å². The molecule has 158 valence electrons. The van der Waals surface area contributed by atoms with Crippen molar-refractivity contribution in [1.29, 1.82) is 0 Å². The van der Waals surface area contributed by atoms with Crippen molar-refractivity contribution >= 4 is 22.4 Å². The number of fused-ring (bicyclic) bond motifs is 1. The minimum atomic E-state index is -0.558. The van der Waals surface area contributed by atoms with Gasteiger partial charge in [0.1, 0.15) is 11.6 Å². The monoisotopic (exact) mass is 430 g/mol. The molecule has 2 N–H and O–H groups in total. The molecule has 0 aromatic heterocycles. The van der Waals surface area contributed by atoms with Crippen LogP contribution >= 0.6 is 11.6 Å². The van der Waals surface area contributed by atoms with Gasteiger partial charge in [0.2, 0.25) is 0 Å². The normalized spacial score (nSPS) is 21.7. The standard InChI is InChI=1S/C24H24ClFO4/c1-29-17-7-6-14(22(26)12-17)8-15-9-21(19-4-2-3-5-20(19)24(15)25)23-11-16(28)10-18(13-27)30-23/h2-7,9,12,16,18,23,27-28H,8,10-11,13H2,1H3/t16-,18?,23+/m0/s1. The van der Waals surface area contributed by atoms with Crippen molar-refractivity contribution < 1.29 is 24.1 Å². The molecule has 3 aromatic carbocycles. The van der Waals surface area contributed by atoms with E-state index in [-0.39, 0.29) is 18.5 Å². The lowest BCUT2D eigenvalue weighted by atomic mass is 9.90. The van der Waals surface area contributed by atoms with Crippen molar-refractivity contribution in [3.63, 3.8) is 0 Å². The van der Waals surface area contributed by atoms with Gasteiger partial charge in [-0.05, 0) is 28.1 Å². The maximum atomic E-state index is 14.6. The van der Waals surface area contributed by atoms with Gasteiger partial charge < -0.3 is 19.7 Å². The van der Waals surface area contributed by atoms with Crippen molar-refractivity contribution in [2.45, 2.75) is 37.6 Å². The lowest BCUT2D eigenvalue weighted by Gasteiger charge is -2.33. The zero-order chi connectivity index (χ0) is 21.3. The van der Waals surface area contributed by atoms with E-state index in [9.17, 15) is 14.6 Å². The number of rotatable bonds is 5. The van der Waals surface area contributed by atoms with E-state index < -0.39 is 12.2 Å². The Bertz CT molecular complexity index is 1050. The highest BCUT2D eigenvalue weighted by Gasteiger charge is 2.30. The van der Waals surface area contributed by atoms with E-state index in [2.05, 4.69) is 0 Å². The van der Waals surface area contributed by atoms with Crippen LogP contribution in [0.5, 0.6) is 5.75 Å². The Balaban J connectivity index is 1.79. The Morgan fingerprint density at radius 1 is 1.10 bits per heavy atom. The van der Waals surface area contributed by atoms with Crippen molar-refractivity contribution in [1.82, 2.24) is 0 Å². The average molecular weight is 431 g/mol. The molecule has 1 heterocycles. The fraction of sp³-hybridized carbons (Fsp3) is 0.333. The molecule has 0 bridgehead atoms. The number of aliphatic hydroxyl groups excluding tert-OH is 2. The smallest absolute Gasteiger partial charge is 0.130 e. The molecule has 3 atom stereocenters. The van der Waals surface area contributed by atoms with Gasteiger partial charge in [0.25, 0.3) is 0 Å². The first-order valence-corrected chi connectivity index (χ1v) is 10.3. The van der Waals surface area contributed by atoms with Gasteiger partial charge in [-0.25, -0.2) is 4.39 Å². The van der Waals surface area contributed by atoms with E-state index in [0.717, 1.165) is 21.9 Å². The van der Waals surface area contributed by atoms with Crippen LogP contribution in [-0.4, -0.2) is 36.1 Å². The first-order chi connectivity index (χ1) is 14.5. The Morgan fingerprint density at radius 3 is 2.57 bits per heavy atom. The van der Waals surface area contributed by atoms with Gasteiger partial charge in [0, 0.05) is 30.7 Å². The number of hydrogen-bond donors (Lipinski definition) is 2. The van der Waals surface area contributed by atoms with Gasteiger partial charge in [0.05, 0.1) is 37.1 Å². The summed E-state index contributed by atoms with van der Waals surface area (Å²) in [5, 5.41) is 22.2. The number of methoxy groups -OCH3 is 1. The van der Waals surface area contributed by atoms with E-state index in [4.69, 9.17) is 21.1 Å². The molecule has 4 nitrogen and oxygen atoms in total. The summed E-state index contributed by atoms with van der Waals surface area (Å²) in [6, 6.07) is 14.4. The topological polar surface area (TPSA) is 58.9 Å². The van der Waals surface area contributed by atoms with Crippen molar-refractivity contribution in [3.8, 4) is 5.75 Å². The third-order valence-electron chi connectivity index (χ3n) is 5.66. The van der Waals surface area contributed by atoms with E-state index in [1.54, 1.807) is 12.1 Å². The highest BCUT2D eigenvalue weighted by Crippen LogP contribution is 2.40. The molecular weight excluding hydrogens is 407 g/mol. The third kappa shape index (κ3) is 4.16. The second-order valence-corrected chi connectivity index (χ2v) is 8.05. The lowest BCUT2D eigenvalue weighted by Crippen LogP contribution is -2.33. The predicted molar refractivity (Wildman–Crippen MR) is 115 cm³/mol. The van der Waals surface area contributed by atoms with Crippen molar-refractivity contribution in [3.05, 3.63) is 76.1 Å². The fourth-order valence-electron chi connectivity index (χ4n) is 4.13. The zero-order valence-corrected chi connectivity index (χ0v) is 17.4. The summed E-state index contributed by atoms with van der Waals surface area (Å²) < 4.78 is 25.7. The Kier molecular flexibility index (Phi) is 6.25. The maximum Gasteiger partial charge on any atom is 0.130 e. The minimum Gasteiger partial charge on any atom is -0.497 e. The van der Waals surface area contributed by atoms with E-state index in [1.807, 2.05) is 30.3 Å². The summed E-state index contributed by atoms with van der Waals surface area (Å²) in [6.45, 7) is -0.150. The molecule has 0 spiro atoms. The number of ether oxygens (including phenoxy) is 2. The quantitative estimate of drug-likeness (QED) is 0.610. The summed E-state index contributed by atoms with van der Waals surface area (Å²) in [5.41, 5.74) is 2.17. The van der Waals surface area contributed by atoms with Crippen LogP contribution in [0.4, 0.5) is 4.39 Å². The summed E-state index contributed by atoms with van der Waals surface area (Å²) in [5.74, 6) is 0.103. The van der Waals surface area contributed by atoms with Crippen LogP contribution in [0.15, 0.2) is 48.5 Å². The second kappa shape index (κ2) is 8.90. The average Bonchev–Trinajstić information content (AvgIpc) is 2.76. The molecule has 30 heavy (non-hydrogen) atoms. The summed E-state index contributed by atoms with van der Waals surface area (Å²) in [4.78, 5) is 0. The second-order valence-electron chi connectivity index (χ2n) is 7.67. The Hall–Kier alpha value is -2.18. The molecule has 0 saturated carbocycles. The van der Waals surface area contributed by atoms with Crippen LogP contribution in [-0.2, 0) is 11.2 Å². The Labute approximate surface area is 179 Å². The molecule has 1 saturated heterocycles. The molecule has 1 fully saturated rings. The summed E-state index contributed by atoms with van der Waals surface area (Å²) in [6.07, 6.45) is -0.215. The van der Waals surface area contributed by atoms with Crippen LogP contribution in [0.25, 0.3) is 10.8 Å². The maximum absolute atomic E-state index is 14.6. The van der Waals surface area contributed by atoms with Crippen LogP contribution in [0.2, 0.25) is 5.02 Å². The van der Waals surface area contributed by atoms with Gasteiger partial charge in [-0.15, -0.1) is 0 Å². The molecule has 1 unspecified atom stereocenters. The minimum absolute atomic E-state index is 0.150. The molecule has 6 heteroatoms. The molecule has 4 rings (SSSR count). The number of hydrogen-bond acceptors (Lipinski definition) is 4. The first-order valence-electron chi connectivity index (χ1n) is 9.97. The predicted octanol–water partition coefficient (Wildman–Crippen LogP) is 4.81. The lowest BCUT2D eigenvalue weighted by molar-refractivity contribution is -0.113. The molecule has 1 aliphatic rings. The number of aliphatic hydroxyl groups is 2. The van der Waals surface area contributed by atoms with E-state index in [0.29, 0.717) is 35.6 Å². The van der Waals surface area contributed by atoms with Crippen LogP contribution in [0.1, 0.15) is 35.6 Å². The van der Waals surface area contributed by atoms with Crippen LogP contribution in [0.3, 0.4) is 0 Å². The SMILES string of the molecule is COc1ccc(Cc2cc([C@H]3C[C@@H](O)CC(CO)O3)c3ccccc3c2Cl)c(F)c1. The van der Waals surface area contributed by atoms with Crippen molar-refractivity contribution in [2.75, 3.05) is 13.7 Å². The Morgan fingerprint density at radius 2 is 1.87 bits per heavy atom. The van der Waals surface area contributed by atoms with Gasteiger partial charge in [-0.1, -0.05) is 48.0 Å². The molecule has 3 aromatic rings. The molecule has 1 aliphatic heterocycles. The summed E-state index contributed by atoms with van der Waals surface area (Å²) >= 11 is 6.72. The van der Waals surface area contributed by atoms with E-state index in [1.165, 1.54) is 13.2 Å². The first kappa shape index (κ1) is 21.1. The zero-order valence-electron chi connectivity index (χ0n) is 16.6. The highest BCUT2D eigenvalue weighted by molar-refractivity contribution is 6.36. The van der Waals surface area contributed by atoms with Crippen molar-refractivity contribution in [2.24, 2.45) is 0 Å². The van der Waals surface area contributed by atoms with Gasteiger partial charge in [-0.2, -0.15) is 0 Å². The molecule has 0 radical (unpaired) electrons. The van der Waals surface area contributed by atoms with Gasteiger partial charge in [-0.3, -0.25) is 0 Å². The molecule has 0 aliphatic carbocycles.